The molecule has 0 bridgehead atoms. The van der Waals surface area contributed by atoms with Crippen molar-refractivity contribution in [2.24, 2.45) is 5.92 Å². The Morgan fingerprint density at radius 1 is 1.25 bits per heavy atom. The number of aliphatic hydroxyl groups is 1. The first-order valence-electron chi connectivity index (χ1n) is 8.03. The topological polar surface area (TPSA) is 44.7 Å². The molecule has 120 valence electrons. The Hall–Kier alpha value is -0.160. The lowest BCUT2D eigenvalue weighted by molar-refractivity contribution is -0.0124. The van der Waals surface area contributed by atoms with Gasteiger partial charge in [0.05, 0.1) is 18.8 Å². The normalized spacial score (nSPS) is 20.6. The zero-order valence-electron chi connectivity index (χ0n) is 14.0. The van der Waals surface area contributed by atoms with E-state index in [2.05, 4.69) is 31.0 Å². The first-order valence-corrected chi connectivity index (χ1v) is 8.03. The minimum absolute atomic E-state index is 0.193. The van der Waals surface area contributed by atoms with Gasteiger partial charge in [0.1, 0.15) is 0 Å². The third-order valence-corrected chi connectivity index (χ3v) is 3.72. The van der Waals surface area contributed by atoms with Crippen LogP contribution in [0.2, 0.25) is 0 Å². The van der Waals surface area contributed by atoms with Crippen LogP contribution in [0.1, 0.15) is 47.5 Å². The SMILES string of the molecule is CC(C)OCC(O)CN1CCC(CNC(C)(C)C)CC1. The first-order chi connectivity index (χ1) is 9.26. The van der Waals surface area contributed by atoms with Gasteiger partial charge in [-0.1, -0.05) is 0 Å². The fraction of sp³-hybridized carbons (Fsp3) is 1.00. The molecule has 0 amide bonds. The van der Waals surface area contributed by atoms with E-state index < -0.39 is 0 Å². The number of hydrogen-bond acceptors (Lipinski definition) is 4. The molecular weight excluding hydrogens is 252 g/mol. The van der Waals surface area contributed by atoms with Crippen molar-refractivity contribution in [3.8, 4) is 0 Å². The van der Waals surface area contributed by atoms with Gasteiger partial charge in [-0.05, 0) is 73.0 Å². The van der Waals surface area contributed by atoms with Crippen LogP contribution in [0, 0.1) is 5.92 Å². The molecule has 20 heavy (non-hydrogen) atoms. The second kappa shape index (κ2) is 8.32. The molecule has 0 aromatic carbocycles. The van der Waals surface area contributed by atoms with E-state index in [1.165, 1.54) is 12.8 Å². The Balaban J connectivity index is 2.15. The summed E-state index contributed by atoms with van der Waals surface area (Å²) < 4.78 is 5.46. The van der Waals surface area contributed by atoms with Crippen molar-refractivity contribution in [1.82, 2.24) is 10.2 Å². The van der Waals surface area contributed by atoms with Gasteiger partial charge in [-0.15, -0.1) is 0 Å². The van der Waals surface area contributed by atoms with E-state index in [0.717, 1.165) is 32.1 Å². The highest BCUT2D eigenvalue weighted by atomic mass is 16.5. The van der Waals surface area contributed by atoms with E-state index >= 15 is 0 Å². The molecule has 4 heteroatoms. The molecule has 0 radical (unpaired) electrons. The van der Waals surface area contributed by atoms with Crippen molar-refractivity contribution >= 4 is 0 Å². The molecule has 1 aliphatic rings. The summed E-state index contributed by atoms with van der Waals surface area (Å²) >= 11 is 0. The standard InChI is InChI=1S/C16H34N2O2/c1-13(2)20-12-15(19)11-18-8-6-14(7-9-18)10-17-16(3,4)5/h13-15,17,19H,6-12H2,1-5H3. The molecule has 2 N–H and O–H groups in total. The first kappa shape index (κ1) is 17.9. The summed E-state index contributed by atoms with van der Waals surface area (Å²) in [5, 5.41) is 13.5. The average molecular weight is 286 g/mol. The summed E-state index contributed by atoms with van der Waals surface area (Å²) in [6, 6.07) is 0. The highest BCUT2D eigenvalue weighted by molar-refractivity contribution is 4.79. The Morgan fingerprint density at radius 3 is 2.35 bits per heavy atom. The number of likely N-dealkylation sites (tertiary alicyclic amines) is 1. The van der Waals surface area contributed by atoms with Crippen LogP contribution in [0.4, 0.5) is 0 Å². The quantitative estimate of drug-likeness (QED) is 0.750. The molecule has 1 saturated heterocycles. The van der Waals surface area contributed by atoms with Gasteiger partial charge in [0.15, 0.2) is 0 Å². The molecule has 1 rings (SSSR count). The van der Waals surface area contributed by atoms with E-state index in [1.807, 2.05) is 13.8 Å². The van der Waals surface area contributed by atoms with Crippen LogP contribution >= 0.6 is 0 Å². The zero-order valence-corrected chi connectivity index (χ0v) is 14.0. The van der Waals surface area contributed by atoms with Crippen LogP contribution in [-0.2, 0) is 4.74 Å². The molecule has 0 aliphatic carbocycles. The maximum Gasteiger partial charge on any atom is 0.0900 e. The Bertz CT molecular complexity index is 256. The predicted octanol–water partition coefficient (Wildman–Crippen LogP) is 1.87. The largest absolute Gasteiger partial charge is 0.389 e. The lowest BCUT2D eigenvalue weighted by Crippen LogP contribution is -2.44. The number of nitrogens with zero attached hydrogens (tertiary/aromatic N) is 1. The second-order valence-corrected chi connectivity index (χ2v) is 7.41. The third kappa shape index (κ3) is 8.20. The lowest BCUT2D eigenvalue weighted by atomic mass is 9.95. The van der Waals surface area contributed by atoms with Gasteiger partial charge in [0.25, 0.3) is 0 Å². The van der Waals surface area contributed by atoms with Gasteiger partial charge in [-0.25, -0.2) is 0 Å². The molecule has 1 heterocycles. The monoisotopic (exact) mass is 286 g/mol. The van der Waals surface area contributed by atoms with Crippen molar-refractivity contribution in [2.75, 3.05) is 32.8 Å². The Kier molecular flexibility index (Phi) is 7.45. The highest BCUT2D eigenvalue weighted by Crippen LogP contribution is 2.17. The van der Waals surface area contributed by atoms with Gasteiger partial charge in [0.2, 0.25) is 0 Å². The number of ether oxygens (including phenoxy) is 1. The number of piperidine rings is 1. The molecule has 4 nitrogen and oxygen atoms in total. The van der Waals surface area contributed by atoms with Gasteiger partial charge in [-0.3, -0.25) is 0 Å². The highest BCUT2D eigenvalue weighted by Gasteiger charge is 2.22. The van der Waals surface area contributed by atoms with Crippen molar-refractivity contribution in [2.45, 2.75) is 65.2 Å². The van der Waals surface area contributed by atoms with Crippen molar-refractivity contribution in [3.05, 3.63) is 0 Å². The van der Waals surface area contributed by atoms with Gasteiger partial charge >= 0.3 is 0 Å². The molecule has 1 atom stereocenters. The summed E-state index contributed by atoms with van der Waals surface area (Å²) in [6.07, 6.45) is 2.28. The van der Waals surface area contributed by atoms with Crippen LogP contribution in [0.15, 0.2) is 0 Å². The van der Waals surface area contributed by atoms with Gasteiger partial charge in [0, 0.05) is 12.1 Å². The van der Waals surface area contributed by atoms with Crippen LogP contribution in [-0.4, -0.2) is 60.5 Å². The summed E-state index contributed by atoms with van der Waals surface area (Å²) in [7, 11) is 0. The molecule has 0 saturated carbocycles. The maximum atomic E-state index is 9.95. The zero-order chi connectivity index (χ0) is 15.2. The average Bonchev–Trinajstić information content (AvgIpc) is 2.34. The van der Waals surface area contributed by atoms with Crippen molar-refractivity contribution < 1.29 is 9.84 Å². The van der Waals surface area contributed by atoms with Gasteiger partial charge in [-0.2, -0.15) is 0 Å². The van der Waals surface area contributed by atoms with Crippen LogP contribution < -0.4 is 5.32 Å². The summed E-state index contributed by atoms with van der Waals surface area (Å²) in [5.74, 6) is 0.773. The number of β-amino-alcohol motifs (C(OH)–C–C–N with tert-alkyl or cyclic N) is 1. The van der Waals surface area contributed by atoms with E-state index in [-0.39, 0.29) is 17.7 Å². The molecule has 1 fully saturated rings. The Morgan fingerprint density at radius 2 is 1.85 bits per heavy atom. The van der Waals surface area contributed by atoms with Gasteiger partial charge < -0.3 is 20.1 Å². The van der Waals surface area contributed by atoms with Crippen LogP contribution in [0.5, 0.6) is 0 Å². The minimum Gasteiger partial charge on any atom is -0.389 e. The summed E-state index contributed by atoms with van der Waals surface area (Å²) in [4.78, 5) is 2.36. The number of rotatable bonds is 7. The fourth-order valence-electron chi connectivity index (χ4n) is 2.48. The smallest absolute Gasteiger partial charge is 0.0900 e. The van der Waals surface area contributed by atoms with Crippen molar-refractivity contribution in [3.63, 3.8) is 0 Å². The second-order valence-electron chi connectivity index (χ2n) is 7.41. The molecule has 1 unspecified atom stereocenters. The number of aliphatic hydroxyl groups excluding tert-OH is 1. The molecule has 0 aromatic rings. The van der Waals surface area contributed by atoms with Crippen molar-refractivity contribution in [1.29, 1.82) is 0 Å². The number of hydrogen-bond donors (Lipinski definition) is 2. The van der Waals surface area contributed by atoms with Crippen LogP contribution in [0.25, 0.3) is 0 Å². The van der Waals surface area contributed by atoms with E-state index in [4.69, 9.17) is 4.74 Å². The van der Waals surface area contributed by atoms with Crippen LogP contribution in [0.3, 0.4) is 0 Å². The third-order valence-electron chi connectivity index (χ3n) is 3.72. The minimum atomic E-state index is -0.360. The molecular formula is C16H34N2O2. The summed E-state index contributed by atoms with van der Waals surface area (Å²) in [6.45, 7) is 15.1. The Labute approximate surface area is 124 Å². The van der Waals surface area contributed by atoms with E-state index in [9.17, 15) is 5.11 Å². The molecule has 0 spiro atoms. The molecule has 0 aromatic heterocycles. The fourth-order valence-corrected chi connectivity index (χ4v) is 2.48. The van der Waals surface area contributed by atoms with E-state index in [1.54, 1.807) is 0 Å². The predicted molar refractivity (Wildman–Crippen MR) is 84.0 cm³/mol. The maximum absolute atomic E-state index is 9.95. The molecule has 1 aliphatic heterocycles. The summed E-state index contributed by atoms with van der Waals surface area (Å²) in [5.41, 5.74) is 0.210. The number of nitrogens with one attached hydrogen (secondary N) is 1. The van der Waals surface area contributed by atoms with E-state index in [0.29, 0.717) is 6.61 Å². The lowest BCUT2D eigenvalue weighted by Gasteiger charge is -2.34.